The average Bonchev–Trinajstić information content (AvgIpc) is 2.83. The topological polar surface area (TPSA) is 43.1 Å². The van der Waals surface area contributed by atoms with Crippen molar-refractivity contribution in [3.05, 3.63) is 47.1 Å². The Bertz CT molecular complexity index is 764. The van der Waals surface area contributed by atoms with Gasteiger partial charge in [0.05, 0.1) is 10.6 Å². The van der Waals surface area contributed by atoms with E-state index in [1.165, 1.54) is 22.8 Å². The number of benzene rings is 1. The van der Waals surface area contributed by atoms with E-state index in [0.717, 1.165) is 12.1 Å². The predicted molar refractivity (Wildman–Crippen MR) is 66.2 cm³/mol. The lowest BCUT2D eigenvalue weighted by Gasteiger charge is -2.06. The molecule has 0 aliphatic heterocycles. The van der Waals surface area contributed by atoms with E-state index in [1.807, 2.05) is 0 Å². The fourth-order valence-electron chi connectivity index (χ4n) is 1.77. The molecule has 0 unspecified atom stereocenters. The maximum Gasteiger partial charge on any atom is 0.416 e. The summed E-state index contributed by atoms with van der Waals surface area (Å²) in [6.45, 7) is 0. The molecule has 0 aliphatic carbocycles. The van der Waals surface area contributed by atoms with E-state index in [0.29, 0.717) is 22.1 Å². The van der Waals surface area contributed by atoms with Gasteiger partial charge in [0.1, 0.15) is 0 Å². The normalized spacial score (nSPS) is 12.0. The first kappa shape index (κ1) is 12.9. The number of rotatable bonds is 1. The fourth-order valence-corrected chi connectivity index (χ4v) is 1.94. The molecule has 0 aliphatic rings. The van der Waals surface area contributed by atoms with Crippen LogP contribution in [0.25, 0.3) is 17.0 Å². The quantitative estimate of drug-likeness (QED) is 0.691. The highest BCUT2D eigenvalue weighted by Crippen LogP contribution is 2.30. The first-order valence-electron chi connectivity index (χ1n) is 5.50. The van der Waals surface area contributed by atoms with Crippen LogP contribution in [0.3, 0.4) is 0 Å². The Balaban J connectivity index is 2.10. The van der Waals surface area contributed by atoms with Gasteiger partial charge in [-0.3, -0.25) is 0 Å². The van der Waals surface area contributed by atoms with Gasteiger partial charge < -0.3 is 0 Å². The minimum absolute atomic E-state index is 0.330. The van der Waals surface area contributed by atoms with Gasteiger partial charge in [-0.15, -0.1) is 10.2 Å². The van der Waals surface area contributed by atoms with Crippen molar-refractivity contribution in [3.8, 4) is 11.4 Å². The molecule has 0 saturated carbocycles. The molecule has 102 valence electrons. The van der Waals surface area contributed by atoms with E-state index in [2.05, 4.69) is 15.3 Å². The van der Waals surface area contributed by atoms with Gasteiger partial charge in [-0.05, 0) is 18.2 Å². The monoisotopic (exact) mass is 298 g/mol. The minimum atomic E-state index is -4.37. The van der Waals surface area contributed by atoms with Crippen LogP contribution >= 0.6 is 11.6 Å². The molecule has 2 heterocycles. The Labute approximate surface area is 115 Å². The molecule has 0 amide bonds. The van der Waals surface area contributed by atoms with E-state index in [9.17, 15) is 13.2 Å². The van der Waals surface area contributed by atoms with Gasteiger partial charge >= 0.3 is 6.18 Å². The van der Waals surface area contributed by atoms with E-state index >= 15 is 0 Å². The largest absolute Gasteiger partial charge is 0.416 e. The van der Waals surface area contributed by atoms with Crippen LogP contribution in [0, 0.1) is 0 Å². The van der Waals surface area contributed by atoms with Crippen molar-refractivity contribution in [2.75, 3.05) is 0 Å². The number of aromatic nitrogens is 4. The molecule has 0 atom stereocenters. The van der Waals surface area contributed by atoms with E-state index in [-0.39, 0.29) is 0 Å². The Morgan fingerprint density at radius 1 is 1.00 bits per heavy atom. The summed E-state index contributed by atoms with van der Waals surface area (Å²) in [6.07, 6.45) is -2.90. The maximum atomic E-state index is 12.5. The zero-order chi connectivity index (χ0) is 14.3. The number of nitrogens with zero attached hydrogens (tertiary/aromatic N) is 4. The van der Waals surface area contributed by atoms with Crippen molar-refractivity contribution in [2.45, 2.75) is 6.18 Å². The van der Waals surface area contributed by atoms with Crippen LogP contribution in [-0.2, 0) is 6.18 Å². The third-order valence-corrected chi connectivity index (χ3v) is 3.02. The number of alkyl halides is 3. The van der Waals surface area contributed by atoms with Gasteiger partial charge in [0.15, 0.2) is 11.5 Å². The first-order chi connectivity index (χ1) is 9.47. The number of fused-ring (bicyclic) bond motifs is 1. The second kappa shape index (κ2) is 4.45. The molecule has 0 saturated heterocycles. The summed E-state index contributed by atoms with van der Waals surface area (Å²) in [7, 11) is 0. The van der Waals surface area contributed by atoms with Crippen molar-refractivity contribution in [3.63, 3.8) is 0 Å². The van der Waals surface area contributed by atoms with Crippen LogP contribution in [0.5, 0.6) is 0 Å². The summed E-state index contributed by atoms with van der Waals surface area (Å²) >= 11 is 5.93. The Kier molecular flexibility index (Phi) is 2.86. The molecule has 2 aromatic heterocycles. The van der Waals surface area contributed by atoms with Crippen LogP contribution in [0.2, 0.25) is 5.02 Å². The van der Waals surface area contributed by atoms with Gasteiger partial charge in [-0.1, -0.05) is 23.7 Å². The molecule has 3 rings (SSSR count). The van der Waals surface area contributed by atoms with Gasteiger partial charge in [0.25, 0.3) is 0 Å². The molecular formula is C12H6ClF3N4. The van der Waals surface area contributed by atoms with E-state index in [4.69, 9.17) is 11.6 Å². The van der Waals surface area contributed by atoms with Crippen LogP contribution in [0.4, 0.5) is 13.2 Å². The van der Waals surface area contributed by atoms with Crippen molar-refractivity contribution >= 4 is 17.2 Å². The number of halogens is 4. The molecule has 0 radical (unpaired) electrons. The Morgan fingerprint density at radius 3 is 2.35 bits per heavy atom. The molecule has 0 bridgehead atoms. The van der Waals surface area contributed by atoms with E-state index < -0.39 is 11.7 Å². The summed E-state index contributed by atoms with van der Waals surface area (Å²) in [5.41, 5.74) is 0.102. The third-order valence-electron chi connectivity index (χ3n) is 2.73. The molecule has 1 aromatic carbocycles. The Hall–Kier alpha value is -2.15. The fraction of sp³-hybridized carbons (Fsp3) is 0.0833. The minimum Gasteiger partial charge on any atom is -0.191 e. The van der Waals surface area contributed by atoms with Crippen LogP contribution in [-0.4, -0.2) is 19.8 Å². The highest BCUT2D eigenvalue weighted by molar-refractivity contribution is 6.33. The lowest BCUT2D eigenvalue weighted by atomic mass is 10.1. The van der Waals surface area contributed by atoms with Gasteiger partial charge in [-0.2, -0.15) is 22.8 Å². The third kappa shape index (κ3) is 2.09. The molecule has 0 spiro atoms. The molecule has 3 aromatic rings. The second-order valence-corrected chi connectivity index (χ2v) is 4.42. The summed E-state index contributed by atoms with van der Waals surface area (Å²) in [6, 6.07) is 6.17. The summed E-state index contributed by atoms with van der Waals surface area (Å²) < 4.78 is 38.9. The van der Waals surface area contributed by atoms with E-state index in [1.54, 1.807) is 6.07 Å². The second-order valence-electron chi connectivity index (χ2n) is 4.01. The van der Waals surface area contributed by atoms with Crippen molar-refractivity contribution < 1.29 is 13.2 Å². The van der Waals surface area contributed by atoms with Gasteiger partial charge in [0, 0.05) is 11.8 Å². The SMILES string of the molecule is FC(F)(F)c1ccc(-c2nnc3c(Cl)ccnn23)cc1. The standard InChI is InChI=1S/C12H6ClF3N4/c13-9-5-6-17-20-10(18-19-11(9)20)7-1-3-8(4-2-7)12(14,15)16/h1-6H. The summed E-state index contributed by atoms with van der Waals surface area (Å²) in [4.78, 5) is 0. The highest BCUT2D eigenvalue weighted by Gasteiger charge is 2.30. The zero-order valence-electron chi connectivity index (χ0n) is 9.76. The van der Waals surface area contributed by atoms with Gasteiger partial charge in [0.2, 0.25) is 0 Å². The first-order valence-corrected chi connectivity index (χ1v) is 5.88. The Morgan fingerprint density at radius 2 is 1.70 bits per heavy atom. The lowest BCUT2D eigenvalue weighted by molar-refractivity contribution is -0.137. The molecule has 0 fully saturated rings. The number of hydrogen-bond donors (Lipinski definition) is 0. The van der Waals surface area contributed by atoms with Crippen molar-refractivity contribution in [1.29, 1.82) is 0 Å². The van der Waals surface area contributed by atoms with Crippen LogP contribution in [0.1, 0.15) is 5.56 Å². The summed E-state index contributed by atoms with van der Waals surface area (Å²) in [5, 5.41) is 12.2. The highest BCUT2D eigenvalue weighted by atomic mass is 35.5. The van der Waals surface area contributed by atoms with Crippen molar-refractivity contribution in [2.24, 2.45) is 0 Å². The van der Waals surface area contributed by atoms with Crippen LogP contribution in [0.15, 0.2) is 36.5 Å². The maximum absolute atomic E-state index is 12.5. The number of hydrogen-bond acceptors (Lipinski definition) is 3. The predicted octanol–water partition coefficient (Wildman–Crippen LogP) is 3.46. The van der Waals surface area contributed by atoms with Gasteiger partial charge in [-0.25, -0.2) is 0 Å². The molecule has 8 heteroatoms. The smallest absolute Gasteiger partial charge is 0.191 e. The average molecular weight is 299 g/mol. The zero-order valence-corrected chi connectivity index (χ0v) is 10.5. The van der Waals surface area contributed by atoms with Crippen LogP contribution < -0.4 is 0 Å². The molecule has 4 nitrogen and oxygen atoms in total. The molecular weight excluding hydrogens is 293 g/mol. The lowest BCUT2D eigenvalue weighted by Crippen LogP contribution is -2.04. The summed E-state index contributed by atoms with van der Waals surface area (Å²) in [5.74, 6) is 0.330. The molecule has 0 N–H and O–H groups in total. The van der Waals surface area contributed by atoms with Crippen molar-refractivity contribution in [1.82, 2.24) is 19.8 Å². The molecule has 20 heavy (non-hydrogen) atoms.